The van der Waals surface area contributed by atoms with Crippen molar-refractivity contribution < 1.29 is 9.90 Å². The van der Waals surface area contributed by atoms with Gasteiger partial charge in [-0.1, -0.05) is 23.7 Å². The molecule has 0 radical (unpaired) electrons. The lowest BCUT2D eigenvalue weighted by Gasteiger charge is -2.06. The summed E-state index contributed by atoms with van der Waals surface area (Å²) in [6, 6.07) is 11.9. The van der Waals surface area contributed by atoms with Crippen LogP contribution < -0.4 is 5.32 Å². The van der Waals surface area contributed by atoms with Gasteiger partial charge in [0.15, 0.2) is 0 Å². The van der Waals surface area contributed by atoms with Crippen molar-refractivity contribution in [3.63, 3.8) is 0 Å². The monoisotopic (exact) mass is 261 g/mol. The fraction of sp³-hybridized carbons (Fsp3) is 0.0714. The van der Waals surface area contributed by atoms with Crippen molar-refractivity contribution in [2.75, 3.05) is 7.05 Å². The fourth-order valence-corrected chi connectivity index (χ4v) is 1.95. The first-order chi connectivity index (χ1) is 8.60. The molecule has 0 unspecified atom stereocenters. The first-order valence-corrected chi connectivity index (χ1v) is 5.80. The van der Waals surface area contributed by atoms with Gasteiger partial charge in [-0.2, -0.15) is 0 Å². The van der Waals surface area contributed by atoms with E-state index < -0.39 is 0 Å². The van der Waals surface area contributed by atoms with E-state index in [1.165, 1.54) is 6.07 Å². The minimum atomic E-state index is -0.150. The minimum absolute atomic E-state index is 0.0999. The first kappa shape index (κ1) is 12.5. The van der Waals surface area contributed by atoms with Crippen LogP contribution in [0, 0.1) is 0 Å². The molecule has 2 aromatic rings. The molecule has 0 aromatic heterocycles. The highest BCUT2D eigenvalue weighted by Gasteiger charge is 2.06. The van der Waals surface area contributed by atoms with Crippen LogP contribution in [0.3, 0.4) is 0 Å². The molecule has 2 aromatic carbocycles. The van der Waals surface area contributed by atoms with Gasteiger partial charge in [0.25, 0.3) is 5.91 Å². The summed E-state index contributed by atoms with van der Waals surface area (Å²) in [5.41, 5.74) is 2.16. The number of carbonyl (C=O) groups is 1. The average Bonchev–Trinajstić information content (AvgIpc) is 2.37. The molecule has 3 nitrogen and oxygen atoms in total. The summed E-state index contributed by atoms with van der Waals surface area (Å²) in [5.74, 6) is -0.0500. The SMILES string of the molecule is CNC(=O)c1cccc(-c2cc(O)cc(Cl)c2)c1. The van der Waals surface area contributed by atoms with Crippen LogP contribution in [0.15, 0.2) is 42.5 Å². The summed E-state index contributed by atoms with van der Waals surface area (Å²) < 4.78 is 0. The van der Waals surface area contributed by atoms with Gasteiger partial charge in [-0.25, -0.2) is 0 Å². The lowest BCUT2D eigenvalue weighted by atomic mass is 10.0. The van der Waals surface area contributed by atoms with Crippen molar-refractivity contribution in [2.45, 2.75) is 0 Å². The minimum Gasteiger partial charge on any atom is -0.508 e. The van der Waals surface area contributed by atoms with Crippen LogP contribution in [0.2, 0.25) is 5.02 Å². The van der Waals surface area contributed by atoms with E-state index in [1.54, 1.807) is 37.4 Å². The lowest BCUT2D eigenvalue weighted by molar-refractivity contribution is 0.0963. The Morgan fingerprint density at radius 1 is 1.17 bits per heavy atom. The van der Waals surface area contributed by atoms with Crippen LogP contribution >= 0.6 is 11.6 Å². The largest absolute Gasteiger partial charge is 0.508 e. The number of hydrogen-bond acceptors (Lipinski definition) is 2. The smallest absolute Gasteiger partial charge is 0.251 e. The van der Waals surface area contributed by atoms with E-state index in [9.17, 15) is 9.90 Å². The number of hydrogen-bond donors (Lipinski definition) is 2. The predicted molar refractivity (Wildman–Crippen MR) is 71.9 cm³/mol. The number of nitrogens with one attached hydrogen (secondary N) is 1. The third-order valence-electron chi connectivity index (χ3n) is 2.57. The Kier molecular flexibility index (Phi) is 3.53. The molecule has 18 heavy (non-hydrogen) atoms. The number of rotatable bonds is 2. The second kappa shape index (κ2) is 5.10. The molecular formula is C14H12ClNO2. The molecule has 0 heterocycles. The molecule has 0 saturated heterocycles. The second-order valence-corrected chi connectivity index (χ2v) is 4.29. The highest BCUT2D eigenvalue weighted by molar-refractivity contribution is 6.31. The van der Waals surface area contributed by atoms with Gasteiger partial charge in [0.05, 0.1) is 0 Å². The van der Waals surface area contributed by atoms with Crippen molar-refractivity contribution in [3.05, 3.63) is 53.1 Å². The molecule has 2 rings (SSSR count). The van der Waals surface area contributed by atoms with Crippen LogP contribution in [0.4, 0.5) is 0 Å². The van der Waals surface area contributed by atoms with Crippen LogP contribution in [0.5, 0.6) is 5.75 Å². The molecule has 0 fully saturated rings. The van der Waals surface area contributed by atoms with Crippen LogP contribution in [0.25, 0.3) is 11.1 Å². The van der Waals surface area contributed by atoms with Crippen molar-refractivity contribution in [2.24, 2.45) is 0 Å². The summed E-state index contributed by atoms with van der Waals surface area (Å²) in [6.07, 6.45) is 0. The normalized spacial score (nSPS) is 10.1. The number of phenols is 1. The number of benzene rings is 2. The molecule has 92 valence electrons. The van der Waals surface area contributed by atoms with Gasteiger partial charge in [0.2, 0.25) is 0 Å². The molecule has 0 aliphatic carbocycles. The van der Waals surface area contributed by atoms with E-state index in [2.05, 4.69) is 5.32 Å². The molecule has 0 atom stereocenters. The van der Waals surface area contributed by atoms with Crippen LogP contribution in [-0.4, -0.2) is 18.1 Å². The van der Waals surface area contributed by atoms with Gasteiger partial charge in [-0.3, -0.25) is 4.79 Å². The quantitative estimate of drug-likeness (QED) is 0.873. The van der Waals surface area contributed by atoms with Crippen molar-refractivity contribution in [1.29, 1.82) is 0 Å². The van der Waals surface area contributed by atoms with Gasteiger partial charge in [0.1, 0.15) is 5.75 Å². The topological polar surface area (TPSA) is 49.3 Å². The Morgan fingerprint density at radius 3 is 2.61 bits per heavy atom. The number of phenolic OH excluding ortho intramolecular Hbond substituents is 1. The van der Waals surface area contributed by atoms with Crippen molar-refractivity contribution >= 4 is 17.5 Å². The zero-order valence-corrected chi connectivity index (χ0v) is 10.5. The Labute approximate surface area is 110 Å². The van der Waals surface area contributed by atoms with Gasteiger partial charge in [-0.05, 0) is 41.5 Å². The Balaban J connectivity index is 2.47. The van der Waals surface area contributed by atoms with Gasteiger partial charge in [-0.15, -0.1) is 0 Å². The zero-order chi connectivity index (χ0) is 13.1. The van der Waals surface area contributed by atoms with Gasteiger partial charge >= 0.3 is 0 Å². The van der Waals surface area contributed by atoms with E-state index in [0.717, 1.165) is 11.1 Å². The maximum Gasteiger partial charge on any atom is 0.251 e. The number of aromatic hydroxyl groups is 1. The highest BCUT2D eigenvalue weighted by atomic mass is 35.5. The predicted octanol–water partition coefficient (Wildman–Crippen LogP) is 3.07. The van der Waals surface area contributed by atoms with E-state index in [-0.39, 0.29) is 11.7 Å². The molecule has 0 aliphatic rings. The Morgan fingerprint density at radius 2 is 1.94 bits per heavy atom. The second-order valence-electron chi connectivity index (χ2n) is 3.86. The third-order valence-corrected chi connectivity index (χ3v) is 2.79. The lowest BCUT2D eigenvalue weighted by Crippen LogP contribution is -2.17. The van der Waals surface area contributed by atoms with E-state index in [1.807, 2.05) is 6.07 Å². The first-order valence-electron chi connectivity index (χ1n) is 5.42. The summed E-state index contributed by atoms with van der Waals surface area (Å²) in [7, 11) is 1.58. The number of amides is 1. The molecule has 1 amide bonds. The summed E-state index contributed by atoms with van der Waals surface area (Å²) in [4.78, 5) is 11.5. The third kappa shape index (κ3) is 2.63. The summed E-state index contributed by atoms with van der Waals surface area (Å²) in [5, 5.41) is 12.5. The maximum absolute atomic E-state index is 11.5. The number of carbonyl (C=O) groups excluding carboxylic acids is 1. The molecule has 0 saturated carbocycles. The standard InChI is InChI=1S/C14H12ClNO2/c1-16-14(18)10-4-2-3-9(5-10)11-6-12(15)8-13(17)7-11/h2-8,17H,1H3,(H,16,18). The van der Waals surface area contributed by atoms with Crippen LogP contribution in [0.1, 0.15) is 10.4 Å². The molecule has 0 spiro atoms. The van der Waals surface area contributed by atoms with E-state index in [4.69, 9.17) is 11.6 Å². The van der Waals surface area contributed by atoms with Crippen LogP contribution in [-0.2, 0) is 0 Å². The number of halogens is 1. The van der Waals surface area contributed by atoms with E-state index in [0.29, 0.717) is 10.6 Å². The van der Waals surface area contributed by atoms with E-state index >= 15 is 0 Å². The fourth-order valence-electron chi connectivity index (χ4n) is 1.73. The summed E-state index contributed by atoms with van der Waals surface area (Å²) in [6.45, 7) is 0. The molecule has 0 aliphatic heterocycles. The van der Waals surface area contributed by atoms with Gasteiger partial charge in [0, 0.05) is 17.6 Å². The zero-order valence-electron chi connectivity index (χ0n) is 9.77. The summed E-state index contributed by atoms with van der Waals surface area (Å²) >= 11 is 5.89. The highest BCUT2D eigenvalue weighted by Crippen LogP contribution is 2.28. The molecule has 2 N–H and O–H groups in total. The molecule has 0 bridgehead atoms. The van der Waals surface area contributed by atoms with Gasteiger partial charge < -0.3 is 10.4 Å². The maximum atomic E-state index is 11.5. The Hall–Kier alpha value is -2.00. The Bertz CT molecular complexity index is 576. The average molecular weight is 262 g/mol. The van der Waals surface area contributed by atoms with Crippen molar-refractivity contribution in [1.82, 2.24) is 5.32 Å². The molecule has 4 heteroatoms. The van der Waals surface area contributed by atoms with Crippen molar-refractivity contribution in [3.8, 4) is 16.9 Å². The molecular weight excluding hydrogens is 250 g/mol.